The molecule has 182 valence electrons. The third-order valence-corrected chi connectivity index (χ3v) is 6.39. The zero-order chi connectivity index (χ0) is 25.1. The number of fused-ring (bicyclic) bond motifs is 1. The van der Waals surface area contributed by atoms with E-state index in [0.717, 1.165) is 6.41 Å². The average molecular weight is 499 g/mol. The van der Waals surface area contributed by atoms with Gasteiger partial charge < -0.3 is 25.1 Å². The lowest BCUT2D eigenvalue weighted by Gasteiger charge is -2.32. The van der Waals surface area contributed by atoms with Gasteiger partial charge >= 0.3 is 5.97 Å². The van der Waals surface area contributed by atoms with E-state index in [1.807, 2.05) is 0 Å². The van der Waals surface area contributed by atoms with Crippen molar-refractivity contribution < 1.29 is 28.7 Å². The van der Waals surface area contributed by atoms with Crippen molar-refractivity contribution in [1.29, 1.82) is 0 Å². The molecule has 1 aliphatic carbocycles. The highest BCUT2D eigenvalue weighted by Gasteiger charge is 2.30. The minimum atomic E-state index is -1.15. The standard InChI is InChI=1S/C24H23ClN4O6/c1-29(12-30)16-6-2-13(3-7-16)22(31)28-20-17-10-14(24(33)34)4-8-18(17)35-21(20)23(32)27-19-9-5-15(25)11-26-19/h4-5,8-13,16H,2-3,6-7H2,1H3,(H,28,31)(H,33,34)(H,26,27,32). The van der Waals surface area contributed by atoms with Crippen LogP contribution in [0.5, 0.6) is 0 Å². The molecule has 0 radical (unpaired) electrons. The minimum Gasteiger partial charge on any atom is -0.478 e. The molecule has 0 bridgehead atoms. The molecule has 2 aromatic heterocycles. The fourth-order valence-electron chi connectivity index (χ4n) is 4.19. The molecule has 0 atom stereocenters. The molecule has 0 spiro atoms. The van der Waals surface area contributed by atoms with E-state index < -0.39 is 11.9 Å². The number of benzene rings is 1. The van der Waals surface area contributed by atoms with Gasteiger partial charge in [-0.2, -0.15) is 0 Å². The van der Waals surface area contributed by atoms with Crippen LogP contribution in [-0.2, 0) is 9.59 Å². The number of carbonyl (C=O) groups is 4. The zero-order valence-corrected chi connectivity index (χ0v) is 19.5. The number of carboxylic acids is 1. The van der Waals surface area contributed by atoms with Crippen LogP contribution >= 0.6 is 11.6 Å². The highest BCUT2D eigenvalue weighted by molar-refractivity contribution is 6.30. The maximum absolute atomic E-state index is 13.1. The van der Waals surface area contributed by atoms with E-state index in [1.54, 1.807) is 18.0 Å². The molecular formula is C24H23ClN4O6. The number of halogens is 1. The summed E-state index contributed by atoms with van der Waals surface area (Å²) in [7, 11) is 1.72. The molecule has 35 heavy (non-hydrogen) atoms. The van der Waals surface area contributed by atoms with Crippen molar-refractivity contribution in [2.75, 3.05) is 17.7 Å². The summed E-state index contributed by atoms with van der Waals surface area (Å²) in [5.74, 6) is -2.41. The third-order valence-electron chi connectivity index (χ3n) is 6.17. The molecule has 3 N–H and O–H groups in total. The van der Waals surface area contributed by atoms with Crippen molar-refractivity contribution in [1.82, 2.24) is 9.88 Å². The first kappa shape index (κ1) is 24.2. The van der Waals surface area contributed by atoms with Crippen LogP contribution in [0.3, 0.4) is 0 Å². The number of amides is 3. The Bertz CT molecular complexity index is 1280. The maximum atomic E-state index is 13.1. The Kier molecular flexibility index (Phi) is 7.02. The summed E-state index contributed by atoms with van der Waals surface area (Å²) < 4.78 is 5.72. The SMILES string of the molecule is CN(C=O)C1CCC(C(=O)Nc2c(C(=O)Nc3ccc(Cl)cn3)oc3ccc(C(=O)O)cc23)CC1. The minimum absolute atomic E-state index is 0.0162. The summed E-state index contributed by atoms with van der Waals surface area (Å²) in [6.07, 6.45) is 4.65. The lowest BCUT2D eigenvalue weighted by Crippen LogP contribution is -2.37. The highest BCUT2D eigenvalue weighted by Crippen LogP contribution is 2.34. The molecule has 1 fully saturated rings. The van der Waals surface area contributed by atoms with Crippen LogP contribution in [-0.4, -0.2) is 52.3 Å². The Hall–Kier alpha value is -3.92. The van der Waals surface area contributed by atoms with Crippen LogP contribution < -0.4 is 10.6 Å². The number of nitrogens with one attached hydrogen (secondary N) is 2. The van der Waals surface area contributed by atoms with Gasteiger partial charge in [-0.05, 0) is 56.0 Å². The number of carbonyl (C=O) groups excluding carboxylic acids is 3. The van der Waals surface area contributed by atoms with Gasteiger partial charge in [-0.3, -0.25) is 14.4 Å². The van der Waals surface area contributed by atoms with Crippen molar-refractivity contribution >= 4 is 58.3 Å². The van der Waals surface area contributed by atoms with Crippen molar-refractivity contribution in [2.45, 2.75) is 31.7 Å². The number of aromatic nitrogens is 1. The van der Waals surface area contributed by atoms with Gasteiger partial charge in [0, 0.05) is 30.6 Å². The lowest BCUT2D eigenvalue weighted by molar-refractivity contribution is -0.122. The Morgan fingerprint density at radius 2 is 1.89 bits per heavy atom. The number of carboxylic acid groups (broad SMARTS) is 1. The number of anilines is 2. The van der Waals surface area contributed by atoms with Crippen molar-refractivity contribution in [2.24, 2.45) is 5.92 Å². The molecule has 4 rings (SSSR count). The molecule has 0 aliphatic heterocycles. The molecular weight excluding hydrogens is 476 g/mol. The second kappa shape index (κ2) is 10.1. The summed E-state index contributed by atoms with van der Waals surface area (Å²) in [4.78, 5) is 54.3. The number of pyridine rings is 1. The van der Waals surface area contributed by atoms with Crippen LogP contribution in [0.25, 0.3) is 11.0 Å². The van der Waals surface area contributed by atoms with E-state index >= 15 is 0 Å². The fourth-order valence-corrected chi connectivity index (χ4v) is 4.31. The van der Waals surface area contributed by atoms with Gasteiger partial charge in [0.25, 0.3) is 5.91 Å². The number of hydrogen-bond donors (Lipinski definition) is 3. The fraction of sp³-hybridized carbons (Fsp3) is 0.292. The van der Waals surface area contributed by atoms with Gasteiger partial charge in [-0.15, -0.1) is 0 Å². The van der Waals surface area contributed by atoms with Gasteiger partial charge in [-0.1, -0.05) is 11.6 Å². The Labute approximate surface area is 205 Å². The predicted octanol–water partition coefficient (Wildman–Crippen LogP) is 4.02. The van der Waals surface area contributed by atoms with E-state index in [1.165, 1.54) is 30.5 Å². The van der Waals surface area contributed by atoms with Crippen LogP contribution in [0.2, 0.25) is 5.02 Å². The van der Waals surface area contributed by atoms with E-state index in [4.69, 9.17) is 16.0 Å². The molecule has 1 aromatic carbocycles. The summed E-state index contributed by atoms with van der Waals surface area (Å²) in [5.41, 5.74) is 0.320. The molecule has 1 aliphatic rings. The Morgan fingerprint density at radius 1 is 1.14 bits per heavy atom. The van der Waals surface area contributed by atoms with Gasteiger partial charge in [0.15, 0.2) is 0 Å². The monoisotopic (exact) mass is 498 g/mol. The molecule has 1 saturated carbocycles. The van der Waals surface area contributed by atoms with Crippen molar-refractivity contribution in [3.8, 4) is 0 Å². The van der Waals surface area contributed by atoms with E-state index in [9.17, 15) is 24.3 Å². The van der Waals surface area contributed by atoms with Crippen LogP contribution in [0, 0.1) is 5.92 Å². The van der Waals surface area contributed by atoms with E-state index in [0.29, 0.717) is 36.1 Å². The Balaban J connectivity index is 1.62. The second-order valence-corrected chi connectivity index (χ2v) is 8.84. The van der Waals surface area contributed by atoms with Crippen LogP contribution in [0.1, 0.15) is 46.6 Å². The molecule has 3 aromatic rings. The lowest BCUT2D eigenvalue weighted by atomic mass is 9.85. The molecule has 0 saturated heterocycles. The number of aromatic carboxylic acids is 1. The quantitative estimate of drug-likeness (QED) is 0.417. The average Bonchev–Trinajstić information content (AvgIpc) is 3.22. The summed E-state index contributed by atoms with van der Waals surface area (Å²) in [6, 6.07) is 7.29. The van der Waals surface area contributed by atoms with Crippen molar-refractivity contribution in [3.63, 3.8) is 0 Å². The Morgan fingerprint density at radius 3 is 2.51 bits per heavy atom. The third kappa shape index (κ3) is 5.27. The first-order chi connectivity index (χ1) is 16.8. The maximum Gasteiger partial charge on any atom is 0.335 e. The molecule has 3 amide bonds. The first-order valence-corrected chi connectivity index (χ1v) is 11.4. The van der Waals surface area contributed by atoms with Gasteiger partial charge in [0.05, 0.1) is 10.6 Å². The zero-order valence-electron chi connectivity index (χ0n) is 18.8. The number of hydrogen-bond acceptors (Lipinski definition) is 6. The van der Waals surface area contributed by atoms with Crippen molar-refractivity contribution in [3.05, 3.63) is 52.9 Å². The molecule has 2 heterocycles. The van der Waals surface area contributed by atoms with E-state index in [2.05, 4.69) is 15.6 Å². The first-order valence-electron chi connectivity index (χ1n) is 11.0. The summed E-state index contributed by atoms with van der Waals surface area (Å²) >= 11 is 5.84. The topological polar surface area (TPSA) is 142 Å². The molecule has 0 unspecified atom stereocenters. The predicted molar refractivity (Wildman–Crippen MR) is 129 cm³/mol. The van der Waals surface area contributed by atoms with E-state index in [-0.39, 0.29) is 46.3 Å². The van der Waals surface area contributed by atoms with Crippen LogP contribution in [0.4, 0.5) is 11.5 Å². The molecule has 10 nitrogen and oxygen atoms in total. The molecule has 11 heteroatoms. The largest absolute Gasteiger partial charge is 0.478 e. The van der Waals surface area contributed by atoms with Crippen LogP contribution in [0.15, 0.2) is 40.9 Å². The smallest absolute Gasteiger partial charge is 0.335 e. The normalized spacial score (nSPS) is 17.5. The van der Waals surface area contributed by atoms with Gasteiger partial charge in [-0.25, -0.2) is 9.78 Å². The van der Waals surface area contributed by atoms with Gasteiger partial charge in [0.1, 0.15) is 17.1 Å². The van der Waals surface area contributed by atoms with Gasteiger partial charge in [0.2, 0.25) is 18.1 Å². The number of rotatable bonds is 7. The summed E-state index contributed by atoms with van der Waals surface area (Å²) in [6.45, 7) is 0. The second-order valence-electron chi connectivity index (χ2n) is 8.40. The number of nitrogens with zero attached hydrogens (tertiary/aromatic N) is 2. The number of furan rings is 1. The highest BCUT2D eigenvalue weighted by atomic mass is 35.5. The summed E-state index contributed by atoms with van der Waals surface area (Å²) in [5, 5.41) is 15.5.